The van der Waals surface area contributed by atoms with Crippen molar-refractivity contribution in [3.63, 3.8) is 0 Å². The Bertz CT molecular complexity index is 605. The van der Waals surface area contributed by atoms with Crippen molar-refractivity contribution >= 4 is 11.8 Å². The van der Waals surface area contributed by atoms with Crippen LogP contribution < -0.4 is 5.56 Å². The second-order valence-electron chi connectivity index (χ2n) is 4.71. The van der Waals surface area contributed by atoms with Crippen LogP contribution in [0.15, 0.2) is 35.1 Å². The summed E-state index contributed by atoms with van der Waals surface area (Å²) in [6, 6.07) is 9.84. The van der Waals surface area contributed by atoms with E-state index in [0.29, 0.717) is 10.8 Å². The normalized spacial score (nSPS) is 10.9. The minimum Gasteiger partial charge on any atom is -0.310 e. The number of rotatable bonds is 4. The minimum atomic E-state index is -0.0480. The molecule has 0 radical (unpaired) electrons. The summed E-state index contributed by atoms with van der Waals surface area (Å²) >= 11 is 1.77. The van der Waals surface area contributed by atoms with Gasteiger partial charge in [-0.15, -0.1) is 0 Å². The first-order valence-corrected chi connectivity index (χ1v) is 7.39. The highest BCUT2D eigenvalue weighted by Gasteiger charge is 2.09. The van der Waals surface area contributed by atoms with Crippen molar-refractivity contribution in [1.29, 1.82) is 0 Å². The van der Waals surface area contributed by atoms with Gasteiger partial charge in [0.05, 0.1) is 11.4 Å². The zero-order chi connectivity index (χ0) is 13.8. The van der Waals surface area contributed by atoms with E-state index in [9.17, 15) is 4.79 Å². The molecular formula is C15H18N2OS. The molecule has 0 fully saturated rings. The monoisotopic (exact) mass is 274 g/mol. The Morgan fingerprint density at radius 3 is 2.58 bits per heavy atom. The van der Waals surface area contributed by atoms with Gasteiger partial charge in [0.15, 0.2) is 0 Å². The van der Waals surface area contributed by atoms with Crippen LogP contribution in [0.2, 0.25) is 0 Å². The molecule has 0 amide bonds. The van der Waals surface area contributed by atoms with Gasteiger partial charge in [-0.3, -0.25) is 4.79 Å². The van der Waals surface area contributed by atoms with Crippen LogP contribution in [-0.2, 0) is 5.75 Å². The molecule has 2 aromatic rings. The first kappa shape index (κ1) is 13.9. The largest absolute Gasteiger partial charge is 0.310 e. The third-order valence-corrected chi connectivity index (χ3v) is 3.91. The quantitative estimate of drug-likeness (QED) is 0.929. The summed E-state index contributed by atoms with van der Waals surface area (Å²) in [7, 11) is 0. The predicted molar refractivity (Wildman–Crippen MR) is 81.5 cm³/mol. The molecule has 0 aliphatic heterocycles. The third-order valence-electron chi connectivity index (χ3n) is 2.80. The maximum absolute atomic E-state index is 12.0. The summed E-state index contributed by atoms with van der Waals surface area (Å²) in [4.78, 5) is 19.4. The Morgan fingerprint density at radius 1 is 1.26 bits per heavy atom. The van der Waals surface area contributed by atoms with Crippen LogP contribution in [0.1, 0.15) is 25.2 Å². The molecule has 1 heterocycles. The summed E-state index contributed by atoms with van der Waals surface area (Å²) in [6.07, 6.45) is 0. The van der Waals surface area contributed by atoms with Gasteiger partial charge in [0.25, 0.3) is 5.56 Å². The van der Waals surface area contributed by atoms with Crippen molar-refractivity contribution in [2.45, 2.75) is 31.8 Å². The van der Waals surface area contributed by atoms with Gasteiger partial charge in [0.2, 0.25) is 0 Å². The SMILES string of the molecule is Cc1c(-c2ccccc2)nc(CSC(C)C)[nH]c1=O. The van der Waals surface area contributed by atoms with Crippen LogP contribution in [0.5, 0.6) is 0 Å². The Balaban J connectivity index is 2.41. The van der Waals surface area contributed by atoms with E-state index in [-0.39, 0.29) is 5.56 Å². The molecule has 100 valence electrons. The van der Waals surface area contributed by atoms with E-state index in [2.05, 4.69) is 23.8 Å². The highest BCUT2D eigenvalue weighted by Crippen LogP contribution is 2.20. The average Bonchev–Trinajstić information content (AvgIpc) is 2.41. The Morgan fingerprint density at radius 2 is 1.95 bits per heavy atom. The van der Waals surface area contributed by atoms with Gasteiger partial charge in [0, 0.05) is 11.1 Å². The number of benzene rings is 1. The summed E-state index contributed by atoms with van der Waals surface area (Å²) in [5.41, 5.74) is 2.39. The summed E-state index contributed by atoms with van der Waals surface area (Å²) in [5, 5.41) is 0.520. The molecule has 1 N–H and O–H groups in total. The summed E-state index contributed by atoms with van der Waals surface area (Å²) in [6.45, 7) is 6.08. The second-order valence-corrected chi connectivity index (χ2v) is 6.28. The number of thioether (sulfide) groups is 1. The van der Waals surface area contributed by atoms with E-state index in [1.165, 1.54) is 0 Å². The van der Waals surface area contributed by atoms with Gasteiger partial charge in [0.1, 0.15) is 5.82 Å². The average molecular weight is 274 g/mol. The molecule has 0 aliphatic rings. The van der Waals surface area contributed by atoms with Gasteiger partial charge >= 0.3 is 0 Å². The highest BCUT2D eigenvalue weighted by molar-refractivity contribution is 7.99. The zero-order valence-corrected chi connectivity index (χ0v) is 12.3. The molecule has 0 spiro atoms. The predicted octanol–water partition coefficient (Wildman–Crippen LogP) is 3.39. The van der Waals surface area contributed by atoms with Gasteiger partial charge in [-0.1, -0.05) is 44.2 Å². The molecule has 3 nitrogen and oxygen atoms in total. The fourth-order valence-corrected chi connectivity index (χ4v) is 2.40. The van der Waals surface area contributed by atoms with E-state index in [0.717, 1.165) is 22.8 Å². The number of H-pyrrole nitrogens is 1. The Kier molecular flexibility index (Phi) is 4.43. The number of hydrogen-bond donors (Lipinski definition) is 1. The fourth-order valence-electron chi connectivity index (χ4n) is 1.77. The molecule has 4 heteroatoms. The molecule has 0 unspecified atom stereocenters. The lowest BCUT2D eigenvalue weighted by atomic mass is 10.1. The lowest BCUT2D eigenvalue weighted by Gasteiger charge is -2.09. The van der Waals surface area contributed by atoms with Gasteiger partial charge < -0.3 is 4.98 Å². The summed E-state index contributed by atoms with van der Waals surface area (Å²) < 4.78 is 0. The topological polar surface area (TPSA) is 45.8 Å². The molecular weight excluding hydrogens is 256 g/mol. The molecule has 0 saturated carbocycles. The van der Waals surface area contributed by atoms with Crippen LogP contribution >= 0.6 is 11.8 Å². The Hall–Kier alpha value is -1.55. The molecule has 2 rings (SSSR count). The molecule has 1 aromatic heterocycles. The van der Waals surface area contributed by atoms with Crippen molar-refractivity contribution in [2.24, 2.45) is 0 Å². The number of aromatic nitrogens is 2. The van der Waals surface area contributed by atoms with Gasteiger partial charge in [-0.05, 0) is 12.2 Å². The smallest absolute Gasteiger partial charge is 0.254 e. The van der Waals surface area contributed by atoms with E-state index in [1.807, 2.05) is 37.3 Å². The summed E-state index contributed by atoms with van der Waals surface area (Å²) in [5.74, 6) is 1.47. The third kappa shape index (κ3) is 3.47. The van der Waals surface area contributed by atoms with E-state index < -0.39 is 0 Å². The van der Waals surface area contributed by atoms with Crippen molar-refractivity contribution in [3.05, 3.63) is 52.1 Å². The number of nitrogens with zero attached hydrogens (tertiary/aromatic N) is 1. The minimum absolute atomic E-state index is 0.0480. The lowest BCUT2D eigenvalue weighted by molar-refractivity contribution is 0.979. The van der Waals surface area contributed by atoms with Crippen molar-refractivity contribution in [2.75, 3.05) is 0 Å². The maximum atomic E-state index is 12.0. The van der Waals surface area contributed by atoms with E-state index in [4.69, 9.17) is 0 Å². The fraction of sp³-hybridized carbons (Fsp3) is 0.333. The van der Waals surface area contributed by atoms with Crippen LogP contribution in [0.4, 0.5) is 0 Å². The number of nitrogens with one attached hydrogen (secondary N) is 1. The van der Waals surface area contributed by atoms with Crippen LogP contribution in [0.25, 0.3) is 11.3 Å². The molecule has 19 heavy (non-hydrogen) atoms. The number of hydrogen-bond acceptors (Lipinski definition) is 3. The standard InChI is InChI=1S/C15H18N2OS/c1-10(2)19-9-13-16-14(11(3)15(18)17-13)12-7-5-4-6-8-12/h4-8,10H,9H2,1-3H3,(H,16,17,18). The molecule has 0 bridgehead atoms. The van der Waals surface area contributed by atoms with Crippen molar-refractivity contribution < 1.29 is 0 Å². The van der Waals surface area contributed by atoms with Crippen molar-refractivity contribution in [1.82, 2.24) is 9.97 Å². The first-order valence-electron chi connectivity index (χ1n) is 6.34. The van der Waals surface area contributed by atoms with E-state index in [1.54, 1.807) is 11.8 Å². The van der Waals surface area contributed by atoms with Gasteiger partial charge in [-0.2, -0.15) is 11.8 Å². The molecule has 0 saturated heterocycles. The number of aromatic amines is 1. The highest BCUT2D eigenvalue weighted by atomic mass is 32.2. The second kappa shape index (κ2) is 6.06. The molecule has 0 atom stereocenters. The zero-order valence-electron chi connectivity index (χ0n) is 11.4. The van der Waals surface area contributed by atoms with E-state index >= 15 is 0 Å². The van der Waals surface area contributed by atoms with Gasteiger partial charge in [-0.25, -0.2) is 4.98 Å². The van der Waals surface area contributed by atoms with Crippen molar-refractivity contribution in [3.8, 4) is 11.3 Å². The lowest BCUT2D eigenvalue weighted by Crippen LogP contribution is -2.16. The van der Waals surface area contributed by atoms with Crippen LogP contribution in [-0.4, -0.2) is 15.2 Å². The Labute approximate surface area is 117 Å². The maximum Gasteiger partial charge on any atom is 0.254 e. The molecule has 1 aromatic carbocycles. The molecule has 0 aliphatic carbocycles. The van der Waals surface area contributed by atoms with Crippen LogP contribution in [0.3, 0.4) is 0 Å². The first-order chi connectivity index (χ1) is 9.08. The van der Waals surface area contributed by atoms with Crippen LogP contribution in [0, 0.1) is 6.92 Å².